The van der Waals surface area contributed by atoms with Crippen LogP contribution in [0.15, 0.2) is 47.3 Å². The van der Waals surface area contributed by atoms with Crippen LogP contribution in [0.3, 0.4) is 0 Å². The van der Waals surface area contributed by atoms with Crippen molar-refractivity contribution in [3.05, 3.63) is 79.3 Å². The maximum atomic E-state index is 12.8. The van der Waals surface area contributed by atoms with Crippen molar-refractivity contribution in [1.82, 2.24) is 14.6 Å². The molecule has 0 spiro atoms. The van der Waals surface area contributed by atoms with E-state index >= 15 is 0 Å². The summed E-state index contributed by atoms with van der Waals surface area (Å²) in [7, 11) is 0. The standard InChI is InChI=1S/C24H22ClN3O3S/c1-3-13-31-19-11-7-17(14-20(19)30-4-2)15-21-23(29)28-24(32-21)26-22(27-28)12-8-16-5-9-18(25)10-6-16/h5-12,14-15H,3-4,13H2,1-2H3/b12-8+,21-15+. The van der Waals surface area contributed by atoms with E-state index in [1.165, 1.54) is 15.9 Å². The van der Waals surface area contributed by atoms with Crippen LogP contribution in [0.1, 0.15) is 37.2 Å². The van der Waals surface area contributed by atoms with Gasteiger partial charge < -0.3 is 9.47 Å². The van der Waals surface area contributed by atoms with Gasteiger partial charge in [0.15, 0.2) is 17.3 Å². The molecule has 0 amide bonds. The second kappa shape index (κ2) is 9.97. The number of thiazole rings is 1. The lowest BCUT2D eigenvalue weighted by molar-refractivity contribution is 0.277. The fraction of sp³-hybridized carbons (Fsp3) is 0.208. The van der Waals surface area contributed by atoms with E-state index in [4.69, 9.17) is 21.1 Å². The van der Waals surface area contributed by atoms with Crippen LogP contribution in [-0.4, -0.2) is 27.8 Å². The highest BCUT2D eigenvalue weighted by atomic mass is 35.5. The minimum Gasteiger partial charge on any atom is -0.490 e. The normalized spacial score (nSPS) is 12.2. The molecule has 164 valence electrons. The maximum Gasteiger partial charge on any atom is 0.291 e. The van der Waals surface area contributed by atoms with Crippen LogP contribution in [0.5, 0.6) is 11.5 Å². The molecule has 0 saturated heterocycles. The first-order chi connectivity index (χ1) is 15.6. The molecule has 0 saturated carbocycles. The molecule has 4 aromatic rings. The van der Waals surface area contributed by atoms with Gasteiger partial charge in [-0.25, -0.2) is 0 Å². The first-order valence-corrected chi connectivity index (χ1v) is 11.5. The Kier molecular flexibility index (Phi) is 6.87. The number of nitrogens with zero attached hydrogens (tertiary/aromatic N) is 3. The van der Waals surface area contributed by atoms with Gasteiger partial charge in [-0.05, 0) is 60.9 Å². The molecule has 0 atom stereocenters. The van der Waals surface area contributed by atoms with Crippen LogP contribution in [0.2, 0.25) is 5.02 Å². The van der Waals surface area contributed by atoms with E-state index in [0.717, 1.165) is 17.5 Å². The van der Waals surface area contributed by atoms with Crippen LogP contribution in [0.25, 0.3) is 23.2 Å². The van der Waals surface area contributed by atoms with E-state index in [0.29, 0.717) is 45.1 Å². The Hall–Kier alpha value is -3.16. The molecule has 0 fully saturated rings. The molecule has 0 bridgehead atoms. The number of aromatic nitrogens is 3. The van der Waals surface area contributed by atoms with Crippen LogP contribution >= 0.6 is 22.9 Å². The maximum absolute atomic E-state index is 12.8. The Labute approximate surface area is 194 Å². The highest BCUT2D eigenvalue weighted by molar-refractivity contribution is 7.15. The minimum absolute atomic E-state index is 0.201. The summed E-state index contributed by atoms with van der Waals surface area (Å²) in [6.45, 7) is 5.13. The van der Waals surface area contributed by atoms with E-state index < -0.39 is 0 Å². The van der Waals surface area contributed by atoms with Crippen molar-refractivity contribution in [3.8, 4) is 11.5 Å². The van der Waals surface area contributed by atoms with Gasteiger partial charge in [-0.1, -0.05) is 54.1 Å². The van der Waals surface area contributed by atoms with Gasteiger partial charge in [0, 0.05) is 5.02 Å². The van der Waals surface area contributed by atoms with Gasteiger partial charge in [-0.2, -0.15) is 9.50 Å². The zero-order valence-electron chi connectivity index (χ0n) is 17.7. The van der Waals surface area contributed by atoms with Gasteiger partial charge in [0.2, 0.25) is 4.96 Å². The summed E-state index contributed by atoms with van der Waals surface area (Å²) in [6.07, 6.45) is 6.39. The number of fused-ring (bicyclic) bond motifs is 1. The molecule has 8 heteroatoms. The Morgan fingerprint density at radius 2 is 1.81 bits per heavy atom. The van der Waals surface area contributed by atoms with Crippen LogP contribution < -0.4 is 19.6 Å². The number of hydrogen-bond acceptors (Lipinski definition) is 6. The molecule has 32 heavy (non-hydrogen) atoms. The molecule has 0 N–H and O–H groups in total. The van der Waals surface area contributed by atoms with Crippen molar-refractivity contribution in [2.45, 2.75) is 20.3 Å². The topological polar surface area (TPSA) is 65.7 Å². The third-order valence-corrected chi connectivity index (χ3v) is 5.73. The smallest absolute Gasteiger partial charge is 0.291 e. The first-order valence-electron chi connectivity index (χ1n) is 10.3. The number of rotatable bonds is 8. The monoisotopic (exact) mass is 467 g/mol. The van der Waals surface area contributed by atoms with Gasteiger partial charge in [0.1, 0.15) is 0 Å². The quantitative estimate of drug-likeness (QED) is 0.375. The zero-order valence-corrected chi connectivity index (χ0v) is 19.3. The van der Waals surface area contributed by atoms with Crippen molar-refractivity contribution in [1.29, 1.82) is 0 Å². The molecular formula is C24H22ClN3O3S. The van der Waals surface area contributed by atoms with E-state index in [1.54, 1.807) is 6.08 Å². The average molecular weight is 468 g/mol. The summed E-state index contributed by atoms with van der Waals surface area (Å²) < 4.78 is 13.3. The highest BCUT2D eigenvalue weighted by Gasteiger charge is 2.10. The van der Waals surface area contributed by atoms with Crippen molar-refractivity contribution in [2.24, 2.45) is 0 Å². The lowest BCUT2D eigenvalue weighted by atomic mass is 10.2. The van der Waals surface area contributed by atoms with E-state index in [1.807, 2.05) is 61.5 Å². The Morgan fingerprint density at radius 3 is 2.53 bits per heavy atom. The van der Waals surface area contributed by atoms with Crippen molar-refractivity contribution >= 4 is 46.1 Å². The second-order valence-corrected chi connectivity index (χ2v) is 8.40. The van der Waals surface area contributed by atoms with E-state index in [9.17, 15) is 4.79 Å². The third-order valence-electron chi connectivity index (χ3n) is 4.52. The largest absolute Gasteiger partial charge is 0.490 e. The minimum atomic E-state index is -0.201. The number of ether oxygens (including phenoxy) is 2. The molecular weight excluding hydrogens is 446 g/mol. The number of halogens is 1. The van der Waals surface area contributed by atoms with Crippen LogP contribution in [0, 0.1) is 0 Å². The summed E-state index contributed by atoms with van der Waals surface area (Å²) in [6, 6.07) is 13.1. The second-order valence-electron chi connectivity index (χ2n) is 6.95. The summed E-state index contributed by atoms with van der Waals surface area (Å²) in [5.41, 5.74) is 1.62. The lowest BCUT2D eigenvalue weighted by Crippen LogP contribution is -2.23. The zero-order chi connectivity index (χ0) is 22.5. The van der Waals surface area contributed by atoms with Crippen molar-refractivity contribution in [2.75, 3.05) is 13.2 Å². The molecule has 4 rings (SSSR count). The lowest BCUT2D eigenvalue weighted by Gasteiger charge is -2.11. The molecule has 0 aliphatic rings. The van der Waals surface area contributed by atoms with Crippen LogP contribution in [-0.2, 0) is 0 Å². The summed E-state index contributed by atoms with van der Waals surface area (Å²) in [5, 5.41) is 5.01. The predicted molar refractivity (Wildman–Crippen MR) is 130 cm³/mol. The van der Waals surface area contributed by atoms with Gasteiger partial charge in [0.05, 0.1) is 17.7 Å². The molecule has 0 unspecified atom stereocenters. The number of hydrogen-bond donors (Lipinski definition) is 0. The van der Waals surface area contributed by atoms with Crippen molar-refractivity contribution in [3.63, 3.8) is 0 Å². The third kappa shape index (κ3) is 5.00. The average Bonchev–Trinajstić information content (AvgIpc) is 3.32. The summed E-state index contributed by atoms with van der Waals surface area (Å²) in [4.78, 5) is 17.8. The Morgan fingerprint density at radius 1 is 1.03 bits per heavy atom. The van der Waals surface area contributed by atoms with E-state index in [-0.39, 0.29) is 5.56 Å². The van der Waals surface area contributed by atoms with Gasteiger partial charge >= 0.3 is 0 Å². The predicted octanol–water partition coefficient (Wildman–Crippen LogP) is 4.71. The van der Waals surface area contributed by atoms with Gasteiger partial charge in [-0.3, -0.25) is 4.79 Å². The Balaban J connectivity index is 1.61. The molecule has 2 heterocycles. The Bertz CT molecular complexity index is 1360. The molecule has 2 aromatic heterocycles. The number of benzene rings is 2. The summed E-state index contributed by atoms with van der Waals surface area (Å²) >= 11 is 7.21. The molecule has 0 radical (unpaired) electrons. The van der Waals surface area contributed by atoms with Crippen LogP contribution in [0.4, 0.5) is 0 Å². The summed E-state index contributed by atoms with van der Waals surface area (Å²) in [5.74, 6) is 1.84. The first kappa shape index (κ1) is 22.0. The van der Waals surface area contributed by atoms with Crippen molar-refractivity contribution < 1.29 is 9.47 Å². The molecule has 0 aliphatic carbocycles. The molecule has 2 aromatic carbocycles. The van der Waals surface area contributed by atoms with Gasteiger partial charge in [-0.15, -0.1) is 5.10 Å². The molecule has 6 nitrogen and oxygen atoms in total. The molecule has 0 aliphatic heterocycles. The fourth-order valence-electron chi connectivity index (χ4n) is 3.03. The van der Waals surface area contributed by atoms with Gasteiger partial charge in [0.25, 0.3) is 5.56 Å². The SMILES string of the molecule is CCCOc1ccc(/C=c2/sc3nc(/C=C/c4ccc(Cl)cc4)nn3c2=O)cc1OCC. The fourth-order valence-corrected chi connectivity index (χ4v) is 4.07. The highest BCUT2D eigenvalue weighted by Crippen LogP contribution is 2.29. The van der Waals surface area contributed by atoms with E-state index in [2.05, 4.69) is 17.0 Å².